The molecule has 82 valence electrons. The normalized spacial score (nSPS) is 9.93. The first kappa shape index (κ1) is 12.0. The molecule has 15 heavy (non-hydrogen) atoms. The Morgan fingerprint density at radius 2 is 1.93 bits per heavy atom. The van der Waals surface area contributed by atoms with E-state index in [1.54, 1.807) is 20.2 Å². The van der Waals surface area contributed by atoms with E-state index < -0.39 is 0 Å². The van der Waals surface area contributed by atoms with E-state index in [0.717, 1.165) is 15.6 Å². The highest BCUT2D eigenvalue weighted by Crippen LogP contribution is 2.30. The molecule has 0 aromatic heterocycles. The number of halogens is 1. The molecule has 0 aliphatic rings. The van der Waals surface area contributed by atoms with Gasteiger partial charge >= 0.3 is 6.09 Å². The molecular weight excluding hydrogens is 258 g/mol. The number of aryl methyl sites for hydroxylation is 1. The average molecular weight is 272 g/mol. The van der Waals surface area contributed by atoms with Crippen LogP contribution in [0.2, 0.25) is 0 Å². The van der Waals surface area contributed by atoms with Gasteiger partial charge in [0, 0.05) is 14.1 Å². The standard InChI is InChI=1S/C11H14BrNO2/c1-7-5-6-9(10(12)8(7)2)15-11(14)13(3)4/h5-6H,1-4H3. The van der Waals surface area contributed by atoms with E-state index in [0.29, 0.717) is 5.75 Å². The molecule has 0 saturated carbocycles. The summed E-state index contributed by atoms with van der Waals surface area (Å²) in [5, 5.41) is 0. The predicted molar refractivity (Wildman–Crippen MR) is 63.3 cm³/mol. The van der Waals surface area contributed by atoms with E-state index in [2.05, 4.69) is 15.9 Å². The lowest BCUT2D eigenvalue weighted by Crippen LogP contribution is -2.25. The highest BCUT2D eigenvalue weighted by atomic mass is 79.9. The van der Waals surface area contributed by atoms with E-state index >= 15 is 0 Å². The summed E-state index contributed by atoms with van der Waals surface area (Å²) in [6, 6.07) is 3.71. The summed E-state index contributed by atoms with van der Waals surface area (Å²) >= 11 is 3.41. The largest absolute Gasteiger partial charge is 0.414 e. The number of hydrogen-bond acceptors (Lipinski definition) is 2. The molecule has 3 nitrogen and oxygen atoms in total. The van der Waals surface area contributed by atoms with E-state index in [1.165, 1.54) is 4.90 Å². The van der Waals surface area contributed by atoms with E-state index in [-0.39, 0.29) is 6.09 Å². The third-order valence-electron chi connectivity index (χ3n) is 2.18. The lowest BCUT2D eigenvalue weighted by Gasteiger charge is -2.13. The van der Waals surface area contributed by atoms with Crippen LogP contribution in [-0.2, 0) is 0 Å². The smallest absolute Gasteiger partial charge is 0.409 e. The van der Waals surface area contributed by atoms with Crippen molar-refractivity contribution in [2.45, 2.75) is 13.8 Å². The van der Waals surface area contributed by atoms with Crippen LogP contribution in [0.25, 0.3) is 0 Å². The summed E-state index contributed by atoms with van der Waals surface area (Å²) in [7, 11) is 3.30. The van der Waals surface area contributed by atoms with Gasteiger partial charge < -0.3 is 9.64 Å². The third-order valence-corrected chi connectivity index (χ3v) is 3.17. The average Bonchev–Trinajstić information content (AvgIpc) is 2.18. The summed E-state index contributed by atoms with van der Waals surface area (Å²) in [4.78, 5) is 12.7. The second kappa shape index (κ2) is 4.66. The lowest BCUT2D eigenvalue weighted by atomic mass is 10.1. The van der Waals surface area contributed by atoms with Gasteiger partial charge in [0.2, 0.25) is 0 Å². The maximum absolute atomic E-state index is 11.3. The molecule has 1 rings (SSSR count). The molecule has 0 unspecified atom stereocenters. The molecule has 1 aromatic rings. The number of amides is 1. The van der Waals surface area contributed by atoms with Gasteiger partial charge in [-0.05, 0) is 47.0 Å². The molecular formula is C11H14BrNO2. The SMILES string of the molecule is Cc1ccc(OC(=O)N(C)C)c(Br)c1C. The van der Waals surface area contributed by atoms with Crippen LogP contribution in [0.4, 0.5) is 4.79 Å². The second-order valence-electron chi connectivity index (χ2n) is 3.58. The fraction of sp³-hybridized carbons (Fsp3) is 0.364. The number of benzene rings is 1. The van der Waals surface area contributed by atoms with Gasteiger partial charge in [0.1, 0.15) is 5.75 Å². The lowest BCUT2D eigenvalue weighted by molar-refractivity contribution is 0.171. The first-order valence-corrected chi connectivity index (χ1v) is 5.37. The molecule has 0 atom stereocenters. The van der Waals surface area contributed by atoms with E-state index in [1.807, 2.05) is 19.9 Å². The second-order valence-corrected chi connectivity index (χ2v) is 4.37. The molecule has 0 bridgehead atoms. The van der Waals surface area contributed by atoms with Gasteiger partial charge in [-0.15, -0.1) is 0 Å². The molecule has 0 radical (unpaired) electrons. The van der Waals surface area contributed by atoms with Gasteiger partial charge in [-0.25, -0.2) is 4.79 Å². The van der Waals surface area contributed by atoms with Crippen molar-refractivity contribution in [3.05, 3.63) is 27.7 Å². The molecule has 1 aromatic carbocycles. The number of ether oxygens (including phenoxy) is 1. The fourth-order valence-corrected chi connectivity index (χ4v) is 1.55. The number of nitrogens with zero attached hydrogens (tertiary/aromatic N) is 1. The zero-order chi connectivity index (χ0) is 11.6. The first-order valence-electron chi connectivity index (χ1n) is 4.58. The Hall–Kier alpha value is -1.03. The van der Waals surface area contributed by atoms with Crippen LogP contribution in [0.15, 0.2) is 16.6 Å². The topological polar surface area (TPSA) is 29.5 Å². The van der Waals surface area contributed by atoms with Gasteiger partial charge in [0.05, 0.1) is 4.47 Å². The minimum Gasteiger partial charge on any atom is -0.409 e. The van der Waals surface area contributed by atoms with Crippen molar-refractivity contribution in [3.63, 3.8) is 0 Å². The van der Waals surface area contributed by atoms with Crippen LogP contribution in [0, 0.1) is 13.8 Å². The monoisotopic (exact) mass is 271 g/mol. The van der Waals surface area contributed by atoms with Gasteiger partial charge in [-0.1, -0.05) is 6.07 Å². The number of carbonyl (C=O) groups is 1. The quantitative estimate of drug-likeness (QED) is 0.786. The molecule has 0 fully saturated rings. The van der Waals surface area contributed by atoms with Crippen LogP contribution in [0.3, 0.4) is 0 Å². The van der Waals surface area contributed by atoms with Crippen molar-refractivity contribution in [1.82, 2.24) is 4.90 Å². The van der Waals surface area contributed by atoms with Crippen molar-refractivity contribution in [3.8, 4) is 5.75 Å². The maximum atomic E-state index is 11.3. The highest BCUT2D eigenvalue weighted by molar-refractivity contribution is 9.10. The maximum Gasteiger partial charge on any atom is 0.414 e. The van der Waals surface area contributed by atoms with Crippen molar-refractivity contribution < 1.29 is 9.53 Å². The van der Waals surface area contributed by atoms with Crippen LogP contribution >= 0.6 is 15.9 Å². The van der Waals surface area contributed by atoms with Gasteiger partial charge in [-0.2, -0.15) is 0 Å². The Labute approximate surface area is 98.2 Å². The molecule has 0 aliphatic heterocycles. The number of hydrogen-bond donors (Lipinski definition) is 0. The van der Waals surface area contributed by atoms with Crippen LogP contribution in [-0.4, -0.2) is 25.1 Å². The fourth-order valence-electron chi connectivity index (χ4n) is 1.02. The minimum absolute atomic E-state index is 0.376. The molecule has 0 heterocycles. The summed E-state index contributed by atoms with van der Waals surface area (Å²) in [5.41, 5.74) is 2.24. The van der Waals surface area contributed by atoms with E-state index in [9.17, 15) is 4.79 Å². The minimum atomic E-state index is -0.376. The molecule has 0 spiro atoms. The zero-order valence-corrected chi connectivity index (χ0v) is 10.9. The third kappa shape index (κ3) is 2.72. The molecule has 1 amide bonds. The van der Waals surface area contributed by atoms with E-state index in [4.69, 9.17) is 4.74 Å². The number of carbonyl (C=O) groups excluding carboxylic acids is 1. The highest BCUT2D eigenvalue weighted by Gasteiger charge is 2.11. The number of rotatable bonds is 1. The van der Waals surface area contributed by atoms with Crippen LogP contribution < -0.4 is 4.74 Å². The van der Waals surface area contributed by atoms with Gasteiger partial charge in [0.15, 0.2) is 0 Å². The van der Waals surface area contributed by atoms with Crippen molar-refractivity contribution in [1.29, 1.82) is 0 Å². The molecule has 0 N–H and O–H groups in total. The first-order chi connectivity index (χ1) is 6.93. The predicted octanol–water partition coefficient (Wildman–Crippen LogP) is 3.13. The summed E-state index contributed by atoms with van der Waals surface area (Å²) in [6.45, 7) is 3.99. The van der Waals surface area contributed by atoms with Crippen molar-refractivity contribution >= 4 is 22.0 Å². The molecule has 0 aliphatic carbocycles. The van der Waals surface area contributed by atoms with Crippen LogP contribution in [0.1, 0.15) is 11.1 Å². The summed E-state index contributed by atoms with van der Waals surface area (Å²) < 4.78 is 6.01. The summed E-state index contributed by atoms with van der Waals surface area (Å²) in [5.74, 6) is 0.553. The Morgan fingerprint density at radius 3 is 2.47 bits per heavy atom. The Bertz CT molecular complexity index is 388. The van der Waals surface area contributed by atoms with Gasteiger partial charge in [0.25, 0.3) is 0 Å². The Balaban J connectivity index is 2.97. The van der Waals surface area contributed by atoms with Crippen molar-refractivity contribution in [2.24, 2.45) is 0 Å². The van der Waals surface area contributed by atoms with Crippen LogP contribution in [0.5, 0.6) is 5.75 Å². The zero-order valence-electron chi connectivity index (χ0n) is 9.30. The Morgan fingerprint density at radius 1 is 1.33 bits per heavy atom. The van der Waals surface area contributed by atoms with Crippen molar-refractivity contribution in [2.75, 3.05) is 14.1 Å². The molecule has 0 saturated heterocycles. The molecule has 4 heteroatoms. The Kier molecular flexibility index (Phi) is 3.74. The summed E-state index contributed by atoms with van der Waals surface area (Å²) in [6.07, 6.45) is -0.376. The van der Waals surface area contributed by atoms with Gasteiger partial charge in [-0.3, -0.25) is 0 Å².